The number of rotatable bonds is 22. The lowest BCUT2D eigenvalue weighted by molar-refractivity contribution is 0.173. The molecule has 3 aromatic carbocycles. The van der Waals surface area contributed by atoms with E-state index < -0.39 is 0 Å². The highest BCUT2D eigenvalue weighted by molar-refractivity contribution is 5.89. The molecule has 0 saturated carbocycles. The van der Waals surface area contributed by atoms with Crippen LogP contribution in [0.15, 0.2) is 60.7 Å². The van der Waals surface area contributed by atoms with Gasteiger partial charge in [-0.2, -0.15) is 0 Å². The van der Waals surface area contributed by atoms with Crippen LogP contribution in [0.1, 0.15) is 217 Å². The van der Waals surface area contributed by atoms with Crippen LogP contribution < -0.4 is 0 Å². The molecule has 0 bridgehead atoms. The Hall–Kier alpha value is -2.34. The van der Waals surface area contributed by atoms with E-state index in [4.69, 9.17) is 0 Å². The van der Waals surface area contributed by atoms with Crippen molar-refractivity contribution in [3.63, 3.8) is 0 Å². The van der Waals surface area contributed by atoms with E-state index in [0.29, 0.717) is 16.7 Å². The molecular formula is C53H80. The predicted octanol–water partition coefficient (Wildman–Crippen LogP) is 16.9. The SMILES string of the molecule is CCc1c2c(cc3ccccc13)CCC(CCCCCCCCCCC(C)(C)C)C2(CCCCCCCCCCC(C)(C)C)C1C=Cc2ccccc21. The summed E-state index contributed by atoms with van der Waals surface area (Å²) in [4.78, 5) is 0. The third-order valence-corrected chi connectivity index (χ3v) is 13.4. The third kappa shape index (κ3) is 11.6. The topological polar surface area (TPSA) is 0 Å². The predicted molar refractivity (Wildman–Crippen MR) is 236 cm³/mol. The Kier molecular flexibility index (Phi) is 15.8. The van der Waals surface area contributed by atoms with E-state index in [1.54, 1.807) is 22.3 Å². The number of hydrogen-bond donors (Lipinski definition) is 0. The van der Waals surface area contributed by atoms with Gasteiger partial charge in [0.05, 0.1) is 0 Å². The summed E-state index contributed by atoms with van der Waals surface area (Å²) in [6.45, 7) is 16.8. The first-order chi connectivity index (χ1) is 25.5. The number of fused-ring (bicyclic) bond motifs is 3. The van der Waals surface area contributed by atoms with Crippen molar-refractivity contribution in [3.8, 4) is 0 Å². The van der Waals surface area contributed by atoms with Gasteiger partial charge in [0.25, 0.3) is 0 Å². The number of unbranched alkanes of at least 4 members (excludes halogenated alkanes) is 14. The van der Waals surface area contributed by atoms with Crippen LogP contribution in [-0.2, 0) is 18.3 Å². The summed E-state index contributed by atoms with van der Waals surface area (Å²) < 4.78 is 0. The summed E-state index contributed by atoms with van der Waals surface area (Å²) in [5.41, 5.74) is 9.34. The van der Waals surface area contributed by atoms with Gasteiger partial charge in [-0.1, -0.05) is 218 Å². The van der Waals surface area contributed by atoms with Gasteiger partial charge < -0.3 is 0 Å². The second kappa shape index (κ2) is 20.0. The van der Waals surface area contributed by atoms with Crippen LogP contribution in [-0.4, -0.2) is 0 Å². The van der Waals surface area contributed by atoms with E-state index >= 15 is 0 Å². The Balaban J connectivity index is 1.33. The van der Waals surface area contributed by atoms with Gasteiger partial charge in [-0.25, -0.2) is 0 Å². The molecule has 3 atom stereocenters. The van der Waals surface area contributed by atoms with Crippen molar-refractivity contribution in [1.82, 2.24) is 0 Å². The van der Waals surface area contributed by atoms with Crippen molar-refractivity contribution in [2.45, 2.75) is 207 Å². The van der Waals surface area contributed by atoms with Crippen molar-refractivity contribution < 1.29 is 0 Å². The molecule has 53 heavy (non-hydrogen) atoms. The molecule has 0 heterocycles. The van der Waals surface area contributed by atoms with Crippen LogP contribution >= 0.6 is 0 Å². The van der Waals surface area contributed by atoms with E-state index in [2.05, 4.69) is 115 Å². The fraction of sp³-hybridized carbons (Fsp3) is 0.660. The number of benzene rings is 3. The summed E-state index contributed by atoms with van der Waals surface area (Å²) in [5.74, 6) is 1.22. The monoisotopic (exact) mass is 717 g/mol. The first-order valence-electron chi connectivity index (χ1n) is 22.8. The molecule has 0 N–H and O–H groups in total. The number of hydrogen-bond acceptors (Lipinski definition) is 0. The van der Waals surface area contributed by atoms with Crippen molar-refractivity contribution in [2.75, 3.05) is 0 Å². The van der Waals surface area contributed by atoms with E-state index in [9.17, 15) is 0 Å². The van der Waals surface area contributed by atoms with E-state index in [-0.39, 0.29) is 5.41 Å². The zero-order chi connectivity index (χ0) is 37.7. The van der Waals surface area contributed by atoms with Crippen molar-refractivity contribution in [1.29, 1.82) is 0 Å². The van der Waals surface area contributed by atoms with Gasteiger partial charge in [0.2, 0.25) is 0 Å². The lowest BCUT2D eigenvalue weighted by atomic mass is 9.52. The van der Waals surface area contributed by atoms with Crippen LogP contribution in [0, 0.1) is 16.7 Å². The molecule has 0 fully saturated rings. The summed E-state index contributed by atoms with van der Waals surface area (Å²) in [5, 5.41) is 2.97. The molecule has 5 rings (SSSR count). The summed E-state index contributed by atoms with van der Waals surface area (Å²) in [6.07, 6.45) is 36.9. The Labute approximate surface area is 328 Å². The van der Waals surface area contributed by atoms with Gasteiger partial charge in [-0.15, -0.1) is 0 Å². The quantitative estimate of drug-likeness (QED) is 0.0908. The molecule has 2 aliphatic rings. The molecule has 0 nitrogen and oxygen atoms in total. The molecule has 0 spiro atoms. The highest BCUT2D eigenvalue weighted by Gasteiger charge is 2.50. The van der Waals surface area contributed by atoms with Crippen molar-refractivity contribution >= 4 is 16.8 Å². The van der Waals surface area contributed by atoms with Crippen molar-refractivity contribution in [2.24, 2.45) is 16.7 Å². The summed E-state index contributed by atoms with van der Waals surface area (Å²) >= 11 is 0. The molecule has 0 saturated heterocycles. The molecule has 0 heteroatoms. The lowest BCUT2D eigenvalue weighted by Crippen LogP contribution is -2.45. The normalized spacial score (nSPS) is 19.9. The lowest BCUT2D eigenvalue weighted by Gasteiger charge is -2.51. The summed E-state index contributed by atoms with van der Waals surface area (Å²) in [6, 6.07) is 21.4. The maximum Gasteiger partial charge on any atom is 0.0127 e. The minimum absolute atomic E-state index is 0.173. The number of allylic oxidation sites excluding steroid dienone is 1. The fourth-order valence-corrected chi connectivity index (χ4v) is 10.7. The zero-order valence-corrected chi connectivity index (χ0v) is 35.8. The highest BCUT2D eigenvalue weighted by Crippen LogP contribution is 2.59. The smallest absolute Gasteiger partial charge is 0.0127 e. The minimum atomic E-state index is 0.173. The van der Waals surface area contributed by atoms with Crippen LogP contribution in [0.25, 0.3) is 16.8 Å². The van der Waals surface area contributed by atoms with E-state index in [1.165, 1.54) is 158 Å². The molecule has 292 valence electrons. The Bertz CT molecular complexity index is 1560. The molecule has 2 aliphatic carbocycles. The summed E-state index contributed by atoms with van der Waals surface area (Å²) in [7, 11) is 0. The largest absolute Gasteiger partial charge is 0.0755 e. The second-order valence-electron chi connectivity index (χ2n) is 20.0. The molecular weight excluding hydrogens is 637 g/mol. The van der Waals surface area contributed by atoms with Gasteiger partial charge in [0.1, 0.15) is 0 Å². The number of aryl methyl sites for hydroxylation is 2. The van der Waals surface area contributed by atoms with Crippen LogP contribution in [0.4, 0.5) is 0 Å². The van der Waals surface area contributed by atoms with Gasteiger partial charge >= 0.3 is 0 Å². The first kappa shape index (κ1) is 41.8. The third-order valence-electron chi connectivity index (χ3n) is 13.4. The van der Waals surface area contributed by atoms with E-state index in [1.807, 2.05) is 0 Å². The van der Waals surface area contributed by atoms with Crippen LogP contribution in [0.3, 0.4) is 0 Å². The van der Waals surface area contributed by atoms with Gasteiger partial charge in [-0.3, -0.25) is 0 Å². The minimum Gasteiger partial charge on any atom is -0.0755 e. The van der Waals surface area contributed by atoms with Gasteiger partial charge in [0, 0.05) is 11.3 Å². The molecule has 3 unspecified atom stereocenters. The highest BCUT2D eigenvalue weighted by atomic mass is 14.5. The average molecular weight is 717 g/mol. The Morgan fingerprint density at radius 2 is 1.17 bits per heavy atom. The van der Waals surface area contributed by atoms with E-state index in [0.717, 1.165) is 12.3 Å². The first-order valence-corrected chi connectivity index (χ1v) is 22.8. The van der Waals surface area contributed by atoms with Crippen LogP contribution in [0.5, 0.6) is 0 Å². The van der Waals surface area contributed by atoms with Crippen LogP contribution in [0.2, 0.25) is 0 Å². The van der Waals surface area contributed by atoms with Crippen molar-refractivity contribution in [3.05, 3.63) is 88.5 Å². The second-order valence-corrected chi connectivity index (χ2v) is 20.0. The Morgan fingerprint density at radius 1 is 0.623 bits per heavy atom. The van der Waals surface area contributed by atoms with Gasteiger partial charge in [-0.05, 0) is 100 Å². The maximum atomic E-state index is 2.67. The molecule has 0 amide bonds. The molecule has 0 aliphatic heterocycles. The standard InChI is InChI=1S/C53H80/c1-8-46-47-32-24-23-30-43(47)41-44-34-36-45(31-21-17-13-9-10-14-18-26-38-51(2,3)4)53(50(44)46,49-37-35-42-29-22-25-33-48(42)49)40-28-20-16-12-11-15-19-27-39-52(5,6)7/h22-25,29-30,32-33,35,37,41,45,49H,8-21,26-28,31,34,36,38-40H2,1-7H3. The Morgan fingerprint density at radius 3 is 1.79 bits per heavy atom. The maximum absolute atomic E-state index is 2.67. The van der Waals surface area contributed by atoms with Gasteiger partial charge in [0.15, 0.2) is 0 Å². The zero-order valence-electron chi connectivity index (χ0n) is 35.8. The molecule has 3 aromatic rings. The average Bonchev–Trinajstić information content (AvgIpc) is 3.56. The molecule has 0 radical (unpaired) electrons. The molecule has 0 aromatic heterocycles. The fourth-order valence-electron chi connectivity index (χ4n) is 10.7.